The number of hydrogen-bond donors (Lipinski definition) is 0. The molecule has 0 saturated carbocycles. The maximum atomic E-state index is 13.3. The van der Waals surface area contributed by atoms with E-state index in [0.717, 1.165) is 11.1 Å². The van der Waals surface area contributed by atoms with Crippen LogP contribution >= 0.6 is 27.5 Å². The molecule has 4 aromatic carbocycles. The number of rotatable bonds is 7. The minimum atomic E-state index is -0.455. The first-order chi connectivity index (χ1) is 18.4. The van der Waals surface area contributed by atoms with Crippen molar-refractivity contribution in [1.82, 2.24) is 9.66 Å². The van der Waals surface area contributed by atoms with Crippen LogP contribution in [0.15, 0.2) is 105 Å². The summed E-state index contributed by atoms with van der Waals surface area (Å²) < 4.78 is 7.72. The lowest BCUT2D eigenvalue weighted by atomic mass is 10.2. The maximum Gasteiger partial charge on any atom is 0.282 e. The Balaban J connectivity index is 1.45. The lowest BCUT2D eigenvalue weighted by Crippen LogP contribution is -2.20. The van der Waals surface area contributed by atoms with Gasteiger partial charge < -0.3 is 4.74 Å². The molecule has 188 valence electrons. The molecule has 38 heavy (non-hydrogen) atoms. The highest BCUT2D eigenvalue weighted by molar-refractivity contribution is 9.10. The maximum absolute atomic E-state index is 13.3. The number of fused-ring (bicyclic) bond motifs is 1. The van der Waals surface area contributed by atoms with Gasteiger partial charge in [-0.05, 0) is 63.5 Å². The molecule has 0 spiro atoms. The van der Waals surface area contributed by atoms with E-state index in [0.29, 0.717) is 37.5 Å². The average Bonchev–Trinajstić information content (AvgIpc) is 2.93. The molecule has 1 aromatic heterocycles. The third-order valence-corrected chi connectivity index (χ3v) is 6.53. The van der Waals surface area contributed by atoms with Gasteiger partial charge in [-0.3, -0.25) is 14.9 Å². The Bertz CT molecular complexity index is 1720. The van der Waals surface area contributed by atoms with Crippen molar-refractivity contribution >= 4 is 50.3 Å². The average molecular weight is 590 g/mol. The van der Waals surface area contributed by atoms with Crippen LogP contribution in [0, 0.1) is 10.1 Å². The molecule has 10 heteroatoms. The quantitative estimate of drug-likeness (QED) is 0.117. The SMILES string of the molecule is O=c1c2ccccc2nc(-c2ccccc2)n1N=Cc1cc(Cl)c(OCc2ccc([N+](=O)[O-])cc2)c(Br)c1. The Hall–Kier alpha value is -4.34. The number of benzene rings is 4. The summed E-state index contributed by atoms with van der Waals surface area (Å²) in [5.41, 5.74) is 2.43. The lowest BCUT2D eigenvalue weighted by Gasteiger charge is -2.12. The normalized spacial score (nSPS) is 11.2. The number of para-hydroxylation sites is 1. The van der Waals surface area contributed by atoms with Gasteiger partial charge in [0.25, 0.3) is 11.2 Å². The Morgan fingerprint density at radius 1 is 1.03 bits per heavy atom. The minimum Gasteiger partial charge on any atom is -0.486 e. The van der Waals surface area contributed by atoms with Crippen molar-refractivity contribution in [2.45, 2.75) is 6.61 Å². The van der Waals surface area contributed by atoms with Gasteiger partial charge in [-0.2, -0.15) is 9.78 Å². The van der Waals surface area contributed by atoms with Crippen molar-refractivity contribution in [1.29, 1.82) is 0 Å². The first-order valence-electron chi connectivity index (χ1n) is 11.4. The molecule has 0 aliphatic rings. The van der Waals surface area contributed by atoms with Crippen molar-refractivity contribution in [2.75, 3.05) is 0 Å². The Morgan fingerprint density at radius 2 is 1.74 bits per heavy atom. The van der Waals surface area contributed by atoms with Gasteiger partial charge in [0.15, 0.2) is 11.6 Å². The Labute approximate surface area is 230 Å². The van der Waals surface area contributed by atoms with E-state index in [2.05, 4.69) is 21.0 Å². The van der Waals surface area contributed by atoms with Gasteiger partial charge >= 0.3 is 0 Å². The highest BCUT2D eigenvalue weighted by Crippen LogP contribution is 2.35. The number of nitrogens with zero attached hydrogens (tertiary/aromatic N) is 4. The van der Waals surface area contributed by atoms with Crippen LogP contribution in [0.1, 0.15) is 11.1 Å². The second-order valence-electron chi connectivity index (χ2n) is 8.21. The molecule has 5 rings (SSSR count). The summed E-state index contributed by atoms with van der Waals surface area (Å²) in [6, 6.07) is 26.0. The van der Waals surface area contributed by atoms with Gasteiger partial charge in [0.2, 0.25) is 0 Å². The number of nitro groups is 1. The first kappa shape index (κ1) is 25.3. The molecule has 0 fully saturated rings. The van der Waals surface area contributed by atoms with Crippen LogP contribution in [0.2, 0.25) is 5.02 Å². The fourth-order valence-corrected chi connectivity index (χ4v) is 4.78. The number of halogens is 2. The lowest BCUT2D eigenvalue weighted by molar-refractivity contribution is -0.384. The van der Waals surface area contributed by atoms with Gasteiger partial charge in [-0.15, -0.1) is 0 Å². The van der Waals surface area contributed by atoms with Crippen LogP contribution in [-0.2, 0) is 6.61 Å². The molecule has 1 heterocycles. The largest absolute Gasteiger partial charge is 0.486 e. The van der Waals surface area contributed by atoms with E-state index in [4.69, 9.17) is 21.3 Å². The fourth-order valence-electron chi connectivity index (χ4n) is 3.79. The second-order valence-corrected chi connectivity index (χ2v) is 9.47. The minimum absolute atomic E-state index is 0.00717. The van der Waals surface area contributed by atoms with Crippen LogP contribution in [0.4, 0.5) is 5.69 Å². The fraction of sp³-hybridized carbons (Fsp3) is 0.0357. The second kappa shape index (κ2) is 11.0. The molecule has 5 aromatic rings. The van der Waals surface area contributed by atoms with Crippen LogP contribution in [0.25, 0.3) is 22.3 Å². The van der Waals surface area contributed by atoms with Crippen molar-refractivity contribution in [3.05, 3.63) is 132 Å². The van der Waals surface area contributed by atoms with E-state index in [1.165, 1.54) is 23.0 Å². The Kier molecular flexibility index (Phi) is 7.30. The van der Waals surface area contributed by atoms with Gasteiger partial charge in [0.05, 0.1) is 31.5 Å². The van der Waals surface area contributed by atoms with Crippen molar-refractivity contribution in [3.8, 4) is 17.1 Å². The number of non-ortho nitro benzene ring substituents is 1. The molecular weight excluding hydrogens is 572 g/mol. The molecule has 0 N–H and O–H groups in total. The molecule has 0 atom stereocenters. The summed E-state index contributed by atoms with van der Waals surface area (Å²) in [5, 5.41) is 16.1. The molecule has 0 aliphatic heterocycles. The van der Waals surface area contributed by atoms with E-state index in [-0.39, 0.29) is 17.9 Å². The molecule has 0 radical (unpaired) electrons. The molecule has 0 aliphatic carbocycles. The van der Waals surface area contributed by atoms with Crippen molar-refractivity contribution in [3.63, 3.8) is 0 Å². The van der Waals surface area contributed by atoms with Crippen molar-refractivity contribution in [2.24, 2.45) is 5.10 Å². The van der Waals surface area contributed by atoms with Crippen molar-refractivity contribution < 1.29 is 9.66 Å². The molecule has 0 saturated heterocycles. The van der Waals surface area contributed by atoms with E-state index < -0.39 is 4.92 Å². The highest BCUT2D eigenvalue weighted by Gasteiger charge is 2.13. The molecule has 0 bridgehead atoms. The third kappa shape index (κ3) is 5.34. The van der Waals surface area contributed by atoms with E-state index in [1.807, 2.05) is 36.4 Å². The van der Waals surface area contributed by atoms with Gasteiger partial charge in [0.1, 0.15) is 6.61 Å². The number of nitro benzene ring substituents is 1. The zero-order chi connectivity index (χ0) is 26.6. The summed E-state index contributed by atoms with van der Waals surface area (Å²) in [7, 11) is 0. The first-order valence-corrected chi connectivity index (χ1v) is 12.5. The third-order valence-electron chi connectivity index (χ3n) is 5.66. The summed E-state index contributed by atoms with van der Waals surface area (Å²) >= 11 is 9.98. The van der Waals surface area contributed by atoms with Crippen LogP contribution in [-0.4, -0.2) is 20.8 Å². The number of ether oxygens (including phenoxy) is 1. The van der Waals surface area contributed by atoms with Gasteiger partial charge in [-0.1, -0.05) is 54.1 Å². The van der Waals surface area contributed by atoms with Gasteiger partial charge in [0, 0.05) is 17.7 Å². The summed E-state index contributed by atoms with van der Waals surface area (Å²) in [4.78, 5) is 28.4. The zero-order valence-corrected chi connectivity index (χ0v) is 22.0. The summed E-state index contributed by atoms with van der Waals surface area (Å²) in [6.07, 6.45) is 1.53. The standard InChI is InChI=1S/C28H18BrClN4O4/c29-23-14-19(15-24(30)26(23)38-17-18-10-12-21(13-11-18)34(36)37)16-31-33-27(20-6-2-1-3-7-20)32-25-9-5-4-8-22(25)28(33)35/h1-16H,17H2. The van der Waals surface area contributed by atoms with E-state index in [9.17, 15) is 14.9 Å². The van der Waals surface area contributed by atoms with E-state index in [1.54, 1.807) is 42.5 Å². The molecule has 0 unspecified atom stereocenters. The highest BCUT2D eigenvalue weighted by atomic mass is 79.9. The molecule has 0 amide bonds. The molecular formula is C28H18BrClN4O4. The predicted molar refractivity (Wildman–Crippen MR) is 151 cm³/mol. The summed E-state index contributed by atoms with van der Waals surface area (Å²) in [5.74, 6) is 0.829. The van der Waals surface area contributed by atoms with Crippen LogP contribution in [0.5, 0.6) is 5.75 Å². The predicted octanol–water partition coefficient (Wildman–Crippen LogP) is 6.85. The number of aromatic nitrogens is 2. The van der Waals surface area contributed by atoms with Gasteiger partial charge in [-0.25, -0.2) is 4.98 Å². The van der Waals surface area contributed by atoms with Crippen LogP contribution < -0.4 is 10.3 Å². The molecule has 8 nitrogen and oxygen atoms in total. The van der Waals surface area contributed by atoms with Crippen LogP contribution in [0.3, 0.4) is 0 Å². The Morgan fingerprint density at radius 3 is 2.45 bits per heavy atom. The topological polar surface area (TPSA) is 99.6 Å². The monoisotopic (exact) mass is 588 g/mol. The smallest absolute Gasteiger partial charge is 0.282 e. The summed E-state index contributed by atoms with van der Waals surface area (Å²) in [6.45, 7) is 0.169. The van der Waals surface area contributed by atoms with E-state index >= 15 is 0 Å². The number of hydrogen-bond acceptors (Lipinski definition) is 6. The zero-order valence-electron chi connectivity index (χ0n) is 19.6.